The van der Waals surface area contributed by atoms with Crippen molar-refractivity contribution in [3.8, 4) is 0 Å². The zero-order valence-electron chi connectivity index (χ0n) is 16.5. The van der Waals surface area contributed by atoms with Crippen molar-refractivity contribution in [2.75, 3.05) is 19.4 Å². The third-order valence-corrected chi connectivity index (χ3v) is 6.92. The lowest BCUT2D eigenvalue weighted by molar-refractivity contribution is 0.0692. The van der Waals surface area contributed by atoms with E-state index in [0.717, 1.165) is 4.90 Å². The second-order valence-corrected chi connectivity index (χ2v) is 9.02. The number of nitrogens with zero attached hydrogens (tertiary/aromatic N) is 2. The van der Waals surface area contributed by atoms with Crippen molar-refractivity contribution in [3.05, 3.63) is 59.2 Å². The van der Waals surface area contributed by atoms with Gasteiger partial charge >= 0.3 is 0 Å². The van der Waals surface area contributed by atoms with Gasteiger partial charge in [0, 0.05) is 31.4 Å². The Morgan fingerprint density at radius 1 is 1.00 bits per heavy atom. The van der Waals surface area contributed by atoms with Gasteiger partial charge in [-0.25, -0.2) is 8.42 Å². The van der Waals surface area contributed by atoms with Gasteiger partial charge < -0.3 is 5.32 Å². The van der Waals surface area contributed by atoms with Gasteiger partial charge in [0.05, 0.1) is 16.0 Å². The van der Waals surface area contributed by atoms with E-state index in [0.29, 0.717) is 11.3 Å². The molecule has 3 rings (SSSR count). The molecular weight excluding hydrogens is 394 g/mol. The summed E-state index contributed by atoms with van der Waals surface area (Å²) in [5, 5.41) is 2.66. The molecule has 0 aromatic heterocycles. The fourth-order valence-corrected chi connectivity index (χ4v) is 4.23. The standard InChI is InChI=1S/C20H21N3O5S/c1-12(2)23(4)29(27,28)15-8-5-13(6-9-15)18(24)21-14-7-10-16-17(11-14)20(26)22(3)19(16)25/h5-12H,1-4H3,(H,21,24). The van der Waals surface area contributed by atoms with Crippen molar-refractivity contribution in [1.29, 1.82) is 0 Å². The molecule has 0 radical (unpaired) electrons. The van der Waals surface area contributed by atoms with Crippen LogP contribution in [0.15, 0.2) is 47.4 Å². The molecule has 1 aliphatic heterocycles. The van der Waals surface area contributed by atoms with Gasteiger partial charge in [0.25, 0.3) is 17.7 Å². The molecule has 0 bridgehead atoms. The van der Waals surface area contributed by atoms with Crippen LogP contribution in [0, 0.1) is 0 Å². The Kier molecular flexibility index (Phi) is 5.29. The highest BCUT2D eigenvalue weighted by Gasteiger charge is 2.32. The first-order valence-corrected chi connectivity index (χ1v) is 10.3. The van der Waals surface area contributed by atoms with Gasteiger partial charge in [-0.2, -0.15) is 4.31 Å². The molecule has 1 aliphatic rings. The topological polar surface area (TPSA) is 104 Å². The smallest absolute Gasteiger partial charge is 0.261 e. The lowest BCUT2D eigenvalue weighted by Gasteiger charge is -2.21. The number of fused-ring (bicyclic) bond motifs is 1. The van der Waals surface area contributed by atoms with Crippen molar-refractivity contribution in [1.82, 2.24) is 9.21 Å². The van der Waals surface area contributed by atoms with E-state index in [1.54, 1.807) is 13.8 Å². The van der Waals surface area contributed by atoms with E-state index < -0.39 is 21.8 Å². The summed E-state index contributed by atoms with van der Waals surface area (Å²) >= 11 is 0. The van der Waals surface area contributed by atoms with Crippen molar-refractivity contribution < 1.29 is 22.8 Å². The Bertz CT molecular complexity index is 1110. The quantitative estimate of drug-likeness (QED) is 0.754. The van der Waals surface area contributed by atoms with Crippen molar-refractivity contribution in [2.45, 2.75) is 24.8 Å². The first-order valence-electron chi connectivity index (χ1n) is 8.90. The highest BCUT2D eigenvalue weighted by atomic mass is 32.2. The van der Waals surface area contributed by atoms with Gasteiger partial charge in [-0.3, -0.25) is 19.3 Å². The minimum atomic E-state index is -3.64. The summed E-state index contributed by atoms with van der Waals surface area (Å²) in [5.41, 5.74) is 1.14. The molecule has 1 N–H and O–H groups in total. The molecule has 0 saturated heterocycles. The van der Waals surface area contributed by atoms with Crippen LogP contribution in [-0.2, 0) is 10.0 Å². The highest BCUT2D eigenvalue weighted by molar-refractivity contribution is 7.89. The molecule has 1 heterocycles. The van der Waals surface area contributed by atoms with E-state index in [1.165, 1.54) is 60.9 Å². The average molecular weight is 415 g/mol. The number of nitrogens with one attached hydrogen (secondary N) is 1. The van der Waals surface area contributed by atoms with Gasteiger partial charge in [0.15, 0.2) is 0 Å². The van der Waals surface area contributed by atoms with Gasteiger partial charge in [-0.15, -0.1) is 0 Å². The fraction of sp³-hybridized carbons (Fsp3) is 0.250. The molecule has 0 fully saturated rings. The normalized spacial score (nSPS) is 13.9. The minimum absolute atomic E-state index is 0.0925. The SMILES string of the molecule is CC(C)N(C)S(=O)(=O)c1ccc(C(=O)Nc2ccc3c(c2)C(=O)N(C)C3=O)cc1. The average Bonchev–Trinajstić information content (AvgIpc) is 2.91. The summed E-state index contributed by atoms with van der Waals surface area (Å²) < 4.78 is 26.3. The number of hydrogen-bond acceptors (Lipinski definition) is 5. The zero-order chi connectivity index (χ0) is 21.5. The summed E-state index contributed by atoms with van der Waals surface area (Å²) in [4.78, 5) is 37.6. The Hall–Kier alpha value is -3.04. The third kappa shape index (κ3) is 3.66. The van der Waals surface area contributed by atoms with E-state index in [1.807, 2.05) is 0 Å². The second-order valence-electron chi connectivity index (χ2n) is 7.02. The lowest BCUT2D eigenvalue weighted by atomic mass is 10.1. The molecule has 2 aromatic carbocycles. The van der Waals surface area contributed by atoms with Crippen molar-refractivity contribution in [2.24, 2.45) is 0 Å². The highest BCUT2D eigenvalue weighted by Crippen LogP contribution is 2.25. The molecule has 0 unspecified atom stereocenters. The number of sulfonamides is 1. The number of benzene rings is 2. The molecule has 152 valence electrons. The van der Waals surface area contributed by atoms with Crippen molar-refractivity contribution in [3.63, 3.8) is 0 Å². The number of carbonyl (C=O) groups is 3. The second kappa shape index (κ2) is 7.41. The predicted molar refractivity (Wildman–Crippen MR) is 107 cm³/mol. The predicted octanol–water partition coefficient (Wildman–Crippen LogP) is 2.19. The van der Waals surface area contributed by atoms with Gasteiger partial charge in [0.2, 0.25) is 10.0 Å². The Morgan fingerprint density at radius 3 is 2.17 bits per heavy atom. The minimum Gasteiger partial charge on any atom is -0.322 e. The van der Waals surface area contributed by atoms with E-state index in [4.69, 9.17) is 0 Å². The molecule has 2 aromatic rings. The van der Waals surface area contributed by atoms with Crippen LogP contribution in [0.5, 0.6) is 0 Å². The van der Waals surface area contributed by atoms with Gasteiger partial charge in [-0.05, 0) is 56.3 Å². The molecule has 9 heteroatoms. The van der Waals surface area contributed by atoms with Gasteiger partial charge in [-0.1, -0.05) is 0 Å². The van der Waals surface area contributed by atoms with Crippen LogP contribution >= 0.6 is 0 Å². The Morgan fingerprint density at radius 2 is 1.59 bits per heavy atom. The summed E-state index contributed by atoms with van der Waals surface area (Å²) in [7, 11) is -0.739. The number of anilines is 1. The Labute approximate surface area is 169 Å². The van der Waals surface area contributed by atoms with Gasteiger partial charge in [0.1, 0.15) is 0 Å². The first kappa shape index (κ1) is 20.7. The number of amides is 3. The van der Waals surface area contributed by atoms with E-state index in [9.17, 15) is 22.8 Å². The summed E-state index contributed by atoms with van der Waals surface area (Å²) in [6.45, 7) is 3.54. The fourth-order valence-electron chi connectivity index (χ4n) is 2.86. The van der Waals surface area contributed by atoms with E-state index in [2.05, 4.69) is 5.32 Å². The van der Waals surface area contributed by atoms with Crippen LogP contribution in [-0.4, -0.2) is 55.5 Å². The van der Waals surface area contributed by atoms with Crippen LogP contribution in [0.1, 0.15) is 44.9 Å². The van der Waals surface area contributed by atoms with E-state index >= 15 is 0 Å². The van der Waals surface area contributed by atoms with Crippen LogP contribution in [0.3, 0.4) is 0 Å². The van der Waals surface area contributed by atoms with Crippen LogP contribution in [0.2, 0.25) is 0 Å². The largest absolute Gasteiger partial charge is 0.322 e. The molecule has 3 amide bonds. The summed E-state index contributed by atoms with van der Waals surface area (Å²) in [5.74, 6) is -1.27. The van der Waals surface area contributed by atoms with E-state index in [-0.39, 0.29) is 28.0 Å². The maximum Gasteiger partial charge on any atom is 0.261 e. The number of carbonyl (C=O) groups excluding carboxylic acids is 3. The monoisotopic (exact) mass is 415 g/mol. The number of rotatable bonds is 5. The summed E-state index contributed by atoms with van der Waals surface area (Å²) in [6, 6.07) is 9.89. The molecular formula is C20H21N3O5S. The Balaban J connectivity index is 1.79. The lowest BCUT2D eigenvalue weighted by Crippen LogP contribution is -2.33. The van der Waals surface area contributed by atoms with Crippen LogP contribution < -0.4 is 5.32 Å². The molecule has 0 aliphatic carbocycles. The maximum absolute atomic E-state index is 12.5. The zero-order valence-corrected chi connectivity index (χ0v) is 17.3. The molecule has 29 heavy (non-hydrogen) atoms. The number of hydrogen-bond donors (Lipinski definition) is 1. The molecule has 8 nitrogen and oxygen atoms in total. The maximum atomic E-state index is 12.5. The summed E-state index contributed by atoms with van der Waals surface area (Å²) in [6.07, 6.45) is 0. The first-order chi connectivity index (χ1) is 13.5. The van der Waals surface area contributed by atoms with Crippen LogP contribution in [0.25, 0.3) is 0 Å². The number of imide groups is 1. The molecule has 0 atom stereocenters. The molecule has 0 saturated carbocycles. The molecule has 0 spiro atoms. The van der Waals surface area contributed by atoms with Crippen molar-refractivity contribution >= 4 is 33.4 Å². The van der Waals surface area contributed by atoms with Crippen LogP contribution in [0.4, 0.5) is 5.69 Å². The third-order valence-electron chi connectivity index (χ3n) is 4.87.